The third-order valence-corrected chi connectivity index (χ3v) is 2.80. The van der Waals surface area contributed by atoms with E-state index in [9.17, 15) is 5.11 Å². The van der Waals surface area contributed by atoms with E-state index in [2.05, 4.69) is 30.9 Å². The average molecular weight is 299 g/mol. The molecule has 0 fully saturated rings. The first-order chi connectivity index (χ1) is 8.20. The van der Waals surface area contributed by atoms with Crippen LogP contribution < -0.4 is 4.74 Å². The van der Waals surface area contributed by atoms with Crippen LogP contribution in [0.15, 0.2) is 27.3 Å². The first-order valence-corrected chi connectivity index (χ1v) is 5.80. The highest BCUT2D eigenvalue weighted by molar-refractivity contribution is 9.10. The van der Waals surface area contributed by atoms with Crippen molar-refractivity contribution in [1.29, 1.82) is 0 Å². The van der Waals surface area contributed by atoms with Gasteiger partial charge in [-0.3, -0.25) is 0 Å². The second-order valence-corrected chi connectivity index (χ2v) is 4.41. The van der Waals surface area contributed by atoms with Gasteiger partial charge >= 0.3 is 0 Å². The van der Waals surface area contributed by atoms with Gasteiger partial charge in [0.15, 0.2) is 0 Å². The van der Waals surface area contributed by atoms with Gasteiger partial charge in [-0.15, -0.1) is 0 Å². The molecule has 90 valence electrons. The minimum atomic E-state index is -0.0786. The Morgan fingerprint density at radius 3 is 2.88 bits per heavy atom. The highest BCUT2D eigenvalue weighted by atomic mass is 79.9. The van der Waals surface area contributed by atoms with E-state index >= 15 is 0 Å². The van der Waals surface area contributed by atoms with E-state index in [0.717, 1.165) is 4.47 Å². The number of aryl methyl sites for hydroxylation is 1. The molecule has 0 aliphatic heterocycles. The number of aliphatic hydroxyl groups excluding tert-OH is 1. The molecule has 0 aliphatic rings. The lowest BCUT2D eigenvalue weighted by Gasteiger charge is -2.09. The maximum absolute atomic E-state index is 9.21. The van der Waals surface area contributed by atoms with Crippen molar-refractivity contribution >= 4 is 15.9 Å². The summed E-state index contributed by atoms with van der Waals surface area (Å²) in [5, 5.41) is 16.6. The van der Waals surface area contributed by atoms with Crippen LogP contribution in [0.2, 0.25) is 0 Å². The van der Waals surface area contributed by atoms with E-state index in [4.69, 9.17) is 4.74 Å². The van der Waals surface area contributed by atoms with Gasteiger partial charge < -0.3 is 9.84 Å². The number of hydrogen-bond donors (Lipinski definition) is 1. The SMILES string of the molecule is Cc1nonc1COc1ccc(Br)cc1CO. The van der Waals surface area contributed by atoms with Crippen LogP contribution in [0.25, 0.3) is 0 Å². The predicted octanol–water partition coefficient (Wildman–Crippen LogP) is 2.21. The first-order valence-electron chi connectivity index (χ1n) is 5.01. The molecule has 1 N–H and O–H groups in total. The number of nitrogens with zero attached hydrogens (tertiary/aromatic N) is 2. The van der Waals surface area contributed by atoms with Crippen LogP contribution in [0, 0.1) is 6.92 Å². The zero-order valence-corrected chi connectivity index (χ0v) is 10.8. The molecule has 0 bridgehead atoms. The number of benzene rings is 1. The molecular formula is C11H11BrN2O3. The Balaban J connectivity index is 2.11. The summed E-state index contributed by atoms with van der Waals surface area (Å²) in [5.41, 5.74) is 2.07. The van der Waals surface area contributed by atoms with E-state index < -0.39 is 0 Å². The number of aromatic nitrogens is 2. The van der Waals surface area contributed by atoms with E-state index in [-0.39, 0.29) is 13.2 Å². The molecule has 0 atom stereocenters. The number of rotatable bonds is 4. The highest BCUT2D eigenvalue weighted by Gasteiger charge is 2.08. The Morgan fingerprint density at radius 2 is 2.24 bits per heavy atom. The molecule has 0 radical (unpaired) electrons. The summed E-state index contributed by atoms with van der Waals surface area (Å²) >= 11 is 3.33. The van der Waals surface area contributed by atoms with Crippen molar-refractivity contribution in [2.45, 2.75) is 20.1 Å². The maximum Gasteiger partial charge on any atom is 0.145 e. The van der Waals surface area contributed by atoms with Crippen molar-refractivity contribution in [2.24, 2.45) is 0 Å². The fourth-order valence-corrected chi connectivity index (χ4v) is 1.75. The summed E-state index contributed by atoms with van der Waals surface area (Å²) in [6, 6.07) is 5.45. The lowest BCUT2D eigenvalue weighted by molar-refractivity contribution is 0.249. The number of ether oxygens (including phenoxy) is 1. The zero-order valence-electron chi connectivity index (χ0n) is 9.18. The highest BCUT2D eigenvalue weighted by Crippen LogP contribution is 2.24. The Morgan fingerprint density at radius 1 is 1.41 bits per heavy atom. The molecular weight excluding hydrogens is 288 g/mol. The van der Waals surface area contributed by atoms with Crippen LogP contribution in [-0.4, -0.2) is 15.4 Å². The molecule has 2 aromatic rings. The molecule has 1 heterocycles. The normalized spacial score (nSPS) is 10.5. The third kappa shape index (κ3) is 2.83. The topological polar surface area (TPSA) is 68.4 Å². The fraction of sp³-hybridized carbons (Fsp3) is 0.273. The summed E-state index contributed by atoms with van der Waals surface area (Å²) < 4.78 is 11.0. The molecule has 1 aromatic heterocycles. The van der Waals surface area contributed by atoms with E-state index in [1.54, 1.807) is 13.0 Å². The molecule has 2 rings (SSSR count). The Bertz CT molecular complexity index is 513. The molecule has 0 saturated heterocycles. The van der Waals surface area contributed by atoms with Gasteiger partial charge in [0.25, 0.3) is 0 Å². The minimum Gasteiger partial charge on any atom is -0.487 e. The van der Waals surface area contributed by atoms with Gasteiger partial charge in [-0.2, -0.15) is 0 Å². The van der Waals surface area contributed by atoms with Crippen LogP contribution in [0.4, 0.5) is 0 Å². The fourth-order valence-electron chi connectivity index (χ4n) is 1.34. The van der Waals surface area contributed by atoms with Gasteiger partial charge in [-0.1, -0.05) is 26.2 Å². The second kappa shape index (κ2) is 5.29. The Kier molecular flexibility index (Phi) is 3.75. The standard InChI is InChI=1S/C11H11BrN2O3/c1-7-10(14-17-13-7)6-16-11-3-2-9(12)4-8(11)5-15/h2-4,15H,5-6H2,1H3. The molecule has 0 aliphatic carbocycles. The number of hydrogen-bond acceptors (Lipinski definition) is 5. The smallest absolute Gasteiger partial charge is 0.145 e. The van der Waals surface area contributed by atoms with Crippen LogP contribution in [0.3, 0.4) is 0 Å². The van der Waals surface area contributed by atoms with Crippen molar-refractivity contribution in [2.75, 3.05) is 0 Å². The number of halogens is 1. The summed E-state index contributed by atoms with van der Waals surface area (Å²) in [7, 11) is 0. The van der Waals surface area contributed by atoms with Crippen molar-refractivity contribution in [3.8, 4) is 5.75 Å². The molecule has 0 saturated carbocycles. The van der Waals surface area contributed by atoms with Gasteiger partial charge in [0.05, 0.1) is 6.61 Å². The molecule has 1 aromatic carbocycles. The molecule has 17 heavy (non-hydrogen) atoms. The summed E-state index contributed by atoms with van der Waals surface area (Å²) in [6.07, 6.45) is 0. The number of aliphatic hydroxyl groups is 1. The van der Waals surface area contributed by atoms with Crippen LogP contribution in [-0.2, 0) is 13.2 Å². The molecule has 5 nitrogen and oxygen atoms in total. The maximum atomic E-state index is 9.21. The van der Waals surface area contributed by atoms with E-state index in [0.29, 0.717) is 22.7 Å². The first kappa shape index (κ1) is 12.1. The summed E-state index contributed by atoms with van der Waals surface area (Å²) in [6.45, 7) is 1.98. The lowest BCUT2D eigenvalue weighted by Crippen LogP contribution is -2.00. The monoisotopic (exact) mass is 298 g/mol. The molecule has 0 amide bonds. The molecule has 0 unspecified atom stereocenters. The predicted molar refractivity (Wildman–Crippen MR) is 63.4 cm³/mol. The average Bonchev–Trinajstić information content (AvgIpc) is 2.73. The van der Waals surface area contributed by atoms with Gasteiger partial charge in [-0.25, -0.2) is 4.63 Å². The van der Waals surface area contributed by atoms with Crippen molar-refractivity contribution in [3.63, 3.8) is 0 Å². The quantitative estimate of drug-likeness (QED) is 0.937. The summed E-state index contributed by atoms with van der Waals surface area (Å²) in [5.74, 6) is 0.623. The zero-order chi connectivity index (χ0) is 12.3. The van der Waals surface area contributed by atoms with Gasteiger partial charge in [0.1, 0.15) is 23.7 Å². The largest absolute Gasteiger partial charge is 0.487 e. The minimum absolute atomic E-state index is 0.0786. The van der Waals surface area contributed by atoms with Gasteiger partial charge in [-0.05, 0) is 25.1 Å². The van der Waals surface area contributed by atoms with Crippen molar-refractivity contribution in [3.05, 3.63) is 39.6 Å². The Labute approximate surface area is 106 Å². The van der Waals surface area contributed by atoms with Crippen LogP contribution in [0.5, 0.6) is 5.75 Å². The van der Waals surface area contributed by atoms with Crippen molar-refractivity contribution in [1.82, 2.24) is 10.3 Å². The van der Waals surface area contributed by atoms with Gasteiger partial charge in [0, 0.05) is 10.0 Å². The second-order valence-electron chi connectivity index (χ2n) is 3.50. The third-order valence-electron chi connectivity index (χ3n) is 2.30. The summed E-state index contributed by atoms with van der Waals surface area (Å²) in [4.78, 5) is 0. The molecule has 0 spiro atoms. The van der Waals surface area contributed by atoms with Crippen LogP contribution in [0.1, 0.15) is 17.0 Å². The van der Waals surface area contributed by atoms with Crippen LogP contribution >= 0.6 is 15.9 Å². The molecule has 6 heteroatoms. The van der Waals surface area contributed by atoms with Crippen molar-refractivity contribution < 1.29 is 14.5 Å². The lowest BCUT2D eigenvalue weighted by atomic mass is 10.2. The van der Waals surface area contributed by atoms with E-state index in [1.807, 2.05) is 12.1 Å². The Hall–Kier alpha value is -1.40. The van der Waals surface area contributed by atoms with Gasteiger partial charge in [0.2, 0.25) is 0 Å². The van der Waals surface area contributed by atoms with E-state index in [1.165, 1.54) is 0 Å².